The first-order chi connectivity index (χ1) is 18.7. The zero-order valence-electron chi connectivity index (χ0n) is 22.7. The molecule has 1 atom stereocenters. The molecule has 0 saturated carbocycles. The van der Waals surface area contributed by atoms with Gasteiger partial charge in [0.15, 0.2) is 5.16 Å². The van der Waals surface area contributed by atoms with Crippen LogP contribution in [0.3, 0.4) is 0 Å². The molecule has 204 valence electrons. The molecule has 8 nitrogen and oxygen atoms in total. The van der Waals surface area contributed by atoms with Gasteiger partial charge in [0.2, 0.25) is 0 Å². The van der Waals surface area contributed by atoms with Crippen LogP contribution in [0.5, 0.6) is 0 Å². The summed E-state index contributed by atoms with van der Waals surface area (Å²) >= 11 is 1.41. The van der Waals surface area contributed by atoms with Crippen LogP contribution in [0.2, 0.25) is 0 Å². The number of urea groups is 1. The van der Waals surface area contributed by atoms with Crippen LogP contribution in [0.25, 0.3) is 0 Å². The number of benzene rings is 2. The number of hydrogen-bond donors (Lipinski definition) is 1. The fourth-order valence-electron chi connectivity index (χ4n) is 5.39. The van der Waals surface area contributed by atoms with Gasteiger partial charge in [-0.25, -0.2) is 19.6 Å². The molecule has 0 radical (unpaired) electrons. The van der Waals surface area contributed by atoms with Crippen LogP contribution in [0.4, 0.5) is 4.79 Å². The van der Waals surface area contributed by atoms with Crippen molar-refractivity contribution in [3.63, 3.8) is 0 Å². The van der Waals surface area contributed by atoms with Gasteiger partial charge in [-0.3, -0.25) is 4.90 Å². The van der Waals surface area contributed by atoms with Gasteiger partial charge in [-0.15, -0.1) is 0 Å². The van der Waals surface area contributed by atoms with Gasteiger partial charge in [0.1, 0.15) is 0 Å². The molecule has 0 spiro atoms. The van der Waals surface area contributed by atoms with Gasteiger partial charge in [0, 0.05) is 60.6 Å². The Labute approximate surface area is 234 Å². The number of carbonyl (C=O) groups excluding carboxylic acids is 1. The average Bonchev–Trinajstić information content (AvgIpc) is 3.29. The van der Waals surface area contributed by atoms with Crippen LogP contribution in [0.1, 0.15) is 61.1 Å². The highest BCUT2D eigenvalue weighted by Gasteiger charge is 2.46. The summed E-state index contributed by atoms with van der Waals surface area (Å²) in [6.07, 6.45) is 5.61. The number of carboxylic acids is 1. The van der Waals surface area contributed by atoms with Crippen molar-refractivity contribution in [3.05, 3.63) is 83.7 Å². The van der Waals surface area contributed by atoms with Gasteiger partial charge in [0.25, 0.3) is 0 Å². The third-order valence-electron chi connectivity index (χ3n) is 7.49. The lowest BCUT2D eigenvalue weighted by Crippen LogP contribution is -2.49. The average molecular weight is 546 g/mol. The molecule has 9 heteroatoms. The minimum atomic E-state index is -0.939. The van der Waals surface area contributed by atoms with Crippen LogP contribution >= 0.6 is 11.8 Å². The van der Waals surface area contributed by atoms with E-state index in [2.05, 4.69) is 64.8 Å². The van der Waals surface area contributed by atoms with Crippen LogP contribution in [0.15, 0.2) is 77.0 Å². The number of likely N-dealkylation sites (tertiary alicyclic amines) is 1. The maximum Gasteiger partial charge on any atom is 0.335 e. The second-order valence-corrected chi connectivity index (χ2v) is 12.3. The molecule has 5 rings (SSSR count). The first-order valence-electron chi connectivity index (χ1n) is 13.4. The minimum absolute atomic E-state index is 0.0771. The molecule has 39 heavy (non-hydrogen) atoms. The second-order valence-electron chi connectivity index (χ2n) is 11.2. The number of piperidine rings is 1. The van der Waals surface area contributed by atoms with Crippen molar-refractivity contribution in [3.8, 4) is 0 Å². The molecule has 2 saturated heterocycles. The molecule has 2 aromatic carbocycles. The summed E-state index contributed by atoms with van der Waals surface area (Å²) < 4.78 is 0. The smallest absolute Gasteiger partial charge is 0.335 e. The summed E-state index contributed by atoms with van der Waals surface area (Å²) in [7, 11) is 0. The predicted molar refractivity (Wildman–Crippen MR) is 151 cm³/mol. The Balaban J connectivity index is 1.19. The van der Waals surface area contributed by atoms with E-state index in [9.17, 15) is 9.59 Å². The topological polar surface area (TPSA) is 89.9 Å². The van der Waals surface area contributed by atoms with E-state index in [1.165, 1.54) is 17.3 Å². The molecule has 0 unspecified atom stereocenters. The van der Waals surface area contributed by atoms with E-state index in [-0.39, 0.29) is 29.2 Å². The first-order valence-corrected chi connectivity index (χ1v) is 14.2. The van der Waals surface area contributed by atoms with Gasteiger partial charge in [0.05, 0.1) is 11.6 Å². The van der Waals surface area contributed by atoms with Crippen molar-refractivity contribution in [2.24, 2.45) is 0 Å². The largest absolute Gasteiger partial charge is 0.478 e. The summed E-state index contributed by atoms with van der Waals surface area (Å²) in [5, 5.41) is 9.68. The molecular formula is C30H35N5O3S. The lowest BCUT2D eigenvalue weighted by molar-refractivity contribution is 0.0696. The number of nitrogens with zero attached hydrogens (tertiary/aromatic N) is 5. The Morgan fingerprint density at radius 2 is 1.64 bits per heavy atom. The van der Waals surface area contributed by atoms with Crippen LogP contribution in [-0.4, -0.2) is 73.0 Å². The number of amides is 2. The Kier molecular flexibility index (Phi) is 7.91. The summed E-state index contributed by atoms with van der Waals surface area (Å²) in [4.78, 5) is 41.1. The Morgan fingerprint density at radius 1 is 1.00 bits per heavy atom. The van der Waals surface area contributed by atoms with Crippen LogP contribution < -0.4 is 0 Å². The van der Waals surface area contributed by atoms with Gasteiger partial charge >= 0.3 is 12.0 Å². The Morgan fingerprint density at radius 3 is 2.23 bits per heavy atom. The molecule has 0 aliphatic carbocycles. The molecule has 1 aromatic heterocycles. The van der Waals surface area contributed by atoms with E-state index in [1.807, 2.05) is 23.4 Å². The van der Waals surface area contributed by atoms with E-state index in [0.29, 0.717) is 5.16 Å². The fourth-order valence-corrected chi connectivity index (χ4v) is 6.08. The van der Waals surface area contributed by atoms with Crippen molar-refractivity contribution in [2.75, 3.05) is 19.6 Å². The highest BCUT2D eigenvalue weighted by molar-refractivity contribution is 7.99. The van der Waals surface area contributed by atoms with Crippen molar-refractivity contribution in [2.45, 2.75) is 67.8 Å². The standard InChI is InChI=1S/C30H35N5O3S/c1-30(2,3)34-20-26(22-7-5-4-6-8-22)35(29(34)38)24-13-15-33(16-14-24)19-21-17-31-28(32-18-21)39-25-11-9-23(10-12-25)27(36)37/h4-12,17-18,24,26H,13-16,19-20H2,1-3H3,(H,36,37)/t26-/m0/s1. The van der Waals surface area contributed by atoms with E-state index in [4.69, 9.17) is 5.11 Å². The summed E-state index contributed by atoms with van der Waals surface area (Å²) in [5.74, 6) is -0.939. The van der Waals surface area contributed by atoms with Crippen molar-refractivity contribution in [1.29, 1.82) is 0 Å². The fraction of sp³-hybridized carbons (Fsp3) is 0.400. The van der Waals surface area contributed by atoms with Crippen molar-refractivity contribution in [1.82, 2.24) is 24.7 Å². The second kappa shape index (κ2) is 11.4. The zero-order chi connectivity index (χ0) is 27.6. The molecule has 2 aliphatic rings. The monoisotopic (exact) mass is 545 g/mol. The molecular weight excluding hydrogens is 510 g/mol. The number of aromatic carboxylic acids is 1. The van der Waals surface area contributed by atoms with Crippen molar-refractivity contribution < 1.29 is 14.7 Å². The van der Waals surface area contributed by atoms with Gasteiger partial charge in [-0.1, -0.05) is 30.3 Å². The number of carbonyl (C=O) groups is 2. The van der Waals surface area contributed by atoms with Gasteiger partial charge < -0.3 is 14.9 Å². The third-order valence-corrected chi connectivity index (χ3v) is 8.39. The van der Waals surface area contributed by atoms with E-state index in [1.54, 1.807) is 24.3 Å². The lowest BCUT2D eigenvalue weighted by Gasteiger charge is -2.39. The molecule has 3 heterocycles. The molecule has 3 aromatic rings. The zero-order valence-corrected chi connectivity index (χ0v) is 23.5. The third kappa shape index (κ3) is 6.25. The Bertz CT molecular complexity index is 1290. The first kappa shape index (κ1) is 27.1. The maximum absolute atomic E-state index is 13.6. The van der Waals surface area contributed by atoms with Gasteiger partial charge in [-0.05, 0) is 75.2 Å². The summed E-state index contributed by atoms with van der Waals surface area (Å²) in [6.45, 7) is 9.66. The summed E-state index contributed by atoms with van der Waals surface area (Å²) in [5.41, 5.74) is 2.30. The normalized spacial score (nSPS) is 19.1. The number of hydrogen-bond acceptors (Lipinski definition) is 6. The summed E-state index contributed by atoms with van der Waals surface area (Å²) in [6, 6.07) is 17.6. The highest BCUT2D eigenvalue weighted by Crippen LogP contribution is 2.37. The highest BCUT2D eigenvalue weighted by atomic mass is 32.2. The minimum Gasteiger partial charge on any atom is -0.478 e. The molecule has 1 N–H and O–H groups in total. The maximum atomic E-state index is 13.6. The van der Waals surface area contributed by atoms with Crippen molar-refractivity contribution >= 4 is 23.8 Å². The molecule has 2 amide bonds. The van der Waals surface area contributed by atoms with Crippen LogP contribution in [0, 0.1) is 0 Å². The SMILES string of the molecule is CC(C)(C)N1C[C@@H](c2ccccc2)N(C2CCN(Cc3cnc(Sc4ccc(C(=O)O)cc4)nc3)CC2)C1=O. The Hall–Kier alpha value is -3.43. The van der Waals surface area contributed by atoms with Crippen LogP contribution in [-0.2, 0) is 6.54 Å². The number of aromatic nitrogens is 2. The quantitative estimate of drug-likeness (QED) is 0.388. The van der Waals surface area contributed by atoms with E-state index < -0.39 is 5.97 Å². The van der Waals surface area contributed by atoms with E-state index >= 15 is 0 Å². The predicted octanol–water partition coefficient (Wildman–Crippen LogP) is 5.57. The van der Waals surface area contributed by atoms with Gasteiger partial charge in [-0.2, -0.15) is 0 Å². The number of rotatable bonds is 7. The van der Waals surface area contributed by atoms with E-state index in [0.717, 1.165) is 49.5 Å². The number of carboxylic acid groups (broad SMARTS) is 1. The molecule has 0 bridgehead atoms. The molecule has 2 fully saturated rings. The lowest BCUT2D eigenvalue weighted by atomic mass is 9.98. The molecule has 2 aliphatic heterocycles.